The number of carboxylic acid groups (broad SMARTS) is 1. The van der Waals surface area contributed by atoms with Crippen LogP contribution in [0.15, 0.2) is 30.3 Å². The van der Waals surface area contributed by atoms with Crippen LogP contribution in [0.25, 0.3) is 0 Å². The second kappa shape index (κ2) is 8.32. The van der Waals surface area contributed by atoms with Gasteiger partial charge >= 0.3 is 5.97 Å². The number of hydrogen-bond acceptors (Lipinski definition) is 3. The smallest absolute Gasteiger partial charge is 0.326 e. The maximum atomic E-state index is 11.9. The fraction of sp³-hybridized carbons (Fsp3) is 0.467. The number of amides is 1. The second-order valence-electron chi connectivity index (χ2n) is 4.82. The van der Waals surface area contributed by atoms with Crippen molar-refractivity contribution in [2.24, 2.45) is 5.73 Å². The molecule has 0 aliphatic rings. The maximum Gasteiger partial charge on any atom is 0.326 e. The van der Waals surface area contributed by atoms with Crippen LogP contribution in [0, 0.1) is 0 Å². The zero-order chi connectivity index (χ0) is 15.0. The standard InChI is InChI=1S/C15H22N2O3/c1-2-6-13(15(19)20)17-14(18)12(16)10-9-11-7-4-3-5-8-11/h3-5,7-8,12-13H,2,6,9-10,16H2,1H3,(H,17,18)(H,19,20)/t12-,13-/m0/s1. The zero-order valence-electron chi connectivity index (χ0n) is 11.7. The number of nitrogens with two attached hydrogens (primary N) is 1. The second-order valence-corrected chi connectivity index (χ2v) is 4.82. The van der Waals surface area contributed by atoms with Crippen molar-refractivity contribution >= 4 is 11.9 Å². The van der Waals surface area contributed by atoms with Gasteiger partial charge in [-0.2, -0.15) is 0 Å². The van der Waals surface area contributed by atoms with Gasteiger partial charge in [-0.05, 0) is 24.8 Å². The molecule has 0 aliphatic heterocycles. The van der Waals surface area contributed by atoms with E-state index in [2.05, 4.69) is 5.32 Å². The number of aryl methyl sites for hydroxylation is 1. The topological polar surface area (TPSA) is 92.4 Å². The third-order valence-electron chi connectivity index (χ3n) is 3.12. The van der Waals surface area contributed by atoms with Crippen molar-refractivity contribution in [2.45, 2.75) is 44.7 Å². The van der Waals surface area contributed by atoms with Crippen LogP contribution in [-0.2, 0) is 16.0 Å². The van der Waals surface area contributed by atoms with Gasteiger partial charge in [0.2, 0.25) is 5.91 Å². The van der Waals surface area contributed by atoms with Crippen molar-refractivity contribution in [3.63, 3.8) is 0 Å². The van der Waals surface area contributed by atoms with Crippen LogP contribution in [-0.4, -0.2) is 29.1 Å². The van der Waals surface area contributed by atoms with Gasteiger partial charge in [0.05, 0.1) is 6.04 Å². The quantitative estimate of drug-likeness (QED) is 0.668. The molecule has 1 aromatic rings. The predicted molar refractivity (Wildman–Crippen MR) is 77.2 cm³/mol. The molecule has 0 radical (unpaired) electrons. The van der Waals surface area contributed by atoms with Crippen molar-refractivity contribution < 1.29 is 14.7 Å². The molecule has 4 N–H and O–H groups in total. The molecule has 20 heavy (non-hydrogen) atoms. The summed E-state index contributed by atoms with van der Waals surface area (Å²) in [5.74, 6) is -1.42. The van der Waals surface area contributed by atoms with Gasteiger partial charge in [0, 0.05) is 0 Å². The highest BCUT2D eigenvalue weighted by Gasteiger charge is 2.22. The fourth-order valence-corrected chi connectivity index (χ4v) is 1.92. The molecule has 110 valence electrons. The molecule has 0 saturated carbocycles. The fourth-order valence-electron chi connectivity index (χ4n) is 1.92. The van der Waals surface area contributed by atoms with Crippen LogP contribution in [0.4, 0.5) is 0 Å². The lowest BCUT2D eigenvalue weighted by Gasteiger charge is -2.17. The summed E-state index contributed by atoms with van der Waals surface area (Å²) in [6.45, 7) is 1.87. The summed E-state index contributed by atoms with van der Waals surface area (Å²) >= 11 is 0. The number of carbonyl (C=O) groups excluding carboxylic acids is 1. The number of carboxylic acids is 1. The monoisotopic (exact) mass is 278 g/mol. The van der Waals surface area contributed by atoms with Gasteiger partial charge < -0.3 is 16.2 Å². The van der Waals surface area contributed by atoms with E-state index in [1.54, 1.807) is 0 Å². The molecule has 5 nitrogen and oxygen atoms in total. The molecule has 0 aliphatic carbocycles. The van der Waals surface area contributed by atoms with Gasteiger partial charge in [-0.1, -0.05) is 43.7 Å². The summed E-state index contributed by atoms with van der Waals surface area (Å²) in [6, 6.07) is 8.21. The Bertz CT molecular complexity index is 434. The first-order chi connectivity index (χ1) is 9.54. The normalized spacial score (nSPS) is 13.5. The minimum atomic E-state index is -1.02. The molecule has 5 heteroatoms. The molecule has 0 unspecified atom stereocenters. The van der Waals surface area contributed by atoms with Crippen LogP contribution in [0.2, 0.25) is 0 Å². The largest absolute Gasteiger partial charge is 0.480 e. The molecular weight excluding hydrogens is 256 g/mol. The lowest BCUT2D eigenvalue weighted by Crippen LogP contribution is -2.48. The molecule has 0 heterocycles. The Labute approximate surface area is 119 Å². The lowest BCUT2D eigenvalue weighted by atomic mass is 10.0. The summed E-state index contributed by atoms with van der Waals surface area (Å²) in [5.41, 5.74) is 6.91. The van der Waals surface area contributed by atoms with Crippen molar-refractivity contribution in [3.05, 3.63) is 35.9 Å². The van der Waals surface area contributed by atoms with Crippen LogP contribution < -0.4 is 11.1 Å². The Morgan fingerprint density at radius 2 is 1.90 bits per heavy atom. The van der Waals surface area contributed by atoms with E-state index < -0.39 is 24.0 Å². The van der Waals surface area contributed by atoms with Crippen LogP contribution in [0.5, 0.6) is 0 Å². The minimum Gasteiger partial charge on any atom is -0.480 e. The summed E-state index contributed by atoms with van der Waals surface area (Å²) in [4.78, 5) is 22.8. The highest BCUT2D eigenvalue weighted by molar-refractivity contribution is 5.86. The van der Waals surface area contributed by atoms with Crippen molar-refractivity contribution in [1.82, 2.24) is 5.32 Å². The summed E-state index contributed by atoms with van der Waals surface area (Å²) < 4.78 is 0. The Morgan fingerprint density at radius 1 is 1.25 bits per heavy atom. The molecule has 1 amide bonds. The van der Waals surface area contributed by atoms with Crippen LogP contribution >= 0.6 is 0 Å². The molecule has 0 bridgehead atoms. The Kier molecular flexibility index (Phi) is 6.73. The van der Waals surface area contributed by atoms with Gasteiger partial charge in [0.1, 0.15) is 6.04 Å². The number of rotatable bonds is 8. The SMILES string of the molecule is CCC[C@H](NC(=O)[C@@H](N)CCc1ccccc1)C(=O)O. The van der Waals surface area contributed by atoms with Crippen LogP contribution in [0.1, 0.15) is 31.7 Å². The molecule has 0 spiro atoms. The van der Waals surface area contributed by atoms with E-state index in [9.17, 15) is 9.59 Å². The van der Waals surface area contributed by atoms with E-state index in [-0.39, 0.29) is 0 Å². The van der Waals surface area contributed by atoms with E-state index in [0.29, 0.717) is 25.7 Å². The van der Waals surface area contributed by atoms with Gasteiger partial charge in [0.25, 0.3) is 0 Å². The Balaban J connectivity index is 2.44. The van der Waals surface area contributed by atoms with E-state index in [4.69, 9.17) is 10.8 Å². The van der Waals surface area contributed by atoms with Gasteiger partial charge in [-0.15, -0.1) is 0 Å². The lowest BCUT2D eigenvalue weighted by molar-refractivity contribution is -0.142. The average Bonchev–Trinajstić information content (AvgIpc) is 2.45. The van der Waals surface area contributed by atoms with E-state index in [0.717, 1.165) is 5.56 Å². The molecule has 0 aromatic heterocycles. The molecule has 1 rings (SSSR count). The number of aliphatic carboxylic acids is 1. The molecule has 1 aromatic carbocycles. The zero-order valence-corrected chi connectivity index (χ0v) is 11.7. The highest BCUT2D eigenvalue weighted by atomic mass is 16.4. The van der Waals surface area contributed by atoms with Gasteiger partial charge in [0.15, 0.2) is 0 Å². The molecule has 0 saturated heterocycles. The number of benzene rings is 1. The first-order valence-corrected chi connectivity index (χ1v) is 6.87. The summed E-state index contributed by atoms with van der Waals surface area (Å²) in [6.07, 6.45) is 2.29. The molecule has 0 fully saturated rings. The number of hydrogen-bond donors (Lipinski definition) is 3. The average molecular weight is 278 g/mol. The van der Waals surface area contributed by atoms with E-state index >= 15 is 0 Å². The van der Waals surface area contributed by atoms with E-state index in [1.165, 1.54) is 0 Å². The Hall–Kier alpha value is -1.88. The van der Waals surface area contributed by atoms with Crippen molar-refractivity contribution in [2.75, 3.05) is 0 Å². The van der Waals surface area contributed by atoms with Gasteiger partial charge in [-0.3, -0.25) is 4.79 Å². The van der Waals surface area contributed by atoms with Gasteiger partial charge in [-0.25, -0.2) is 4.79 Å². The third-order valence-corrected chi connectivity index (χ3v) is 3.12. The number of nitrogens with one attached hydrogen (secondary N) is 1. The van der Waals surface area contributed by atoms with Crippen molar-refractivity contribution in [1.29, 1.82) is 0 Å². The summed E-state index contributed by atoms with van der Waals surface area (Å²) in [7, 11) is 0. The van der Waals surface area contributed by atoms with Crippen LogP contribution in [0.3, 0.4) is 0 Å². The first kappa shape index (κ1) is 16.2. The minimum absolute atomic E-state index is 0.401. The van der Waals surface area contributed by atoms with Crippen molar-refractivity contribution in [3.8, 4) is 0 Å². The van der Waals surface area contributed by atoms with E-state index in [1.807, 2.05) is 37.3 Å². The molecule has 2 atom stereocenters. The third kappa shape index (κ3) is 5.40. The maximum absolute atomic E-state index is 11.9. The number of carbonyl (C=O) groups is 2. The Morgan fingerprint density at radius 3 is 2.45 bits per heavy atom. The summed E-state index contributed by atoms with van der Waals surface area (Å²) in [5, 5.41) is 11.5. The highest BCUT2D eigenvalue weighted by Crippen LogP contribution is 2.05. The first-order valence-electron chi connectivity index (χ1n) is 6.87. The molecular formula is C15H22N2O3. The predicted octanol–water partition coefficient (Wildman–Crippen LogP) is 1.32.